The molecule has 6 heteroatoms. The highest BCUT2D eigenvalue weighted by Crippen LogP contribution is 2.21. The molecule has 0 radical (unpaired) electrons. The molecule has 0 saturated carbocycles. The van der Waals surface area contributed by atoms with Gasteiger partial charge < -0.3 is 16.4 Å². The van der Waals surface area contributed by atoms with Gasteiger partial charge in [-0.3, -0.25) is 4.79 Å². The second kappa shape index (κ2) is 9.22. The number of nitrogens with two attached hydrogens (primary N) is 1. The number of urea groups is 1. The summed E-state index contributed by atoms with van der Waals surface area (Å²) in [6, 6.07) is 16.0. The van der Waals surface area contributed by atoms with Crippen LogP contribution < -0.4 is 16.4 Å². The summed E-state index contributed by atoms with van der Waals surface area (Å²) in [6.45, 7) is 2.02. The number of hydrogen-bond donors (Lipinski definition) is 3. The molecule has 0 aliphatic heterocycles. The zero-order valence-electron chi connectivity index (χ0n) is 14.0. The lowest BCUT2D eigenvalue weighted by Gasteiger charge is -2.21. The molecule has 3 amide bonds. The maximum absolute atomic E-state index is 12.5. The molecule has 5 nitrogen and oxygen atoms in total. The average Bonchev–Trinajstić information content (AvgIpc) is 2.60. The van der Waals surface area contributed by atoms with Gasteiger partial charge in [0, 0.05) is 4.47 Å². The van der Waals surface area contributed by atoms with Crippen LogP contribution in [0.3, 0.4) is 0 Å². The van der Waals surface area contributed by atoms with Crippen LogP contribution in [0.1, 0.15) is 43.0 Å². The first-order valence-electron chi connectivity index (χ1n) is 8.15. The standard InChI is InChI=1S/C19H22BrN3O2/c1-2-16(14-8-10-15(20)11-9-14)22-18(24)12-17(23-19(21)25)13-6-4-3-5-7-13/h3-11,16-17H,2,12H2,1H3,(H,22,24)(H3,21,23,25)/t16-,17+/m0/s1. The van der Waals surface area contributed by atoms with Crippen molar-refractivity contribution in [3.05, 3.63) is 70.2 Å². The largest absolute Gasteiger partial charge is 0.352 e. The van der Waals surface area contributed by atoms with Crippen molar-refractivity contribution < 1.29 is 9.59 Å². The van der Waals surface area contributed by atoms with Gasteiger partial charge in [0.25, 0.3) is 0 Å². The van der Waals surface area contributed by atoms with Crippen LogP contribution in [0.2, 0.25) is 0 Å². The number of amides is 3. The van der Waals surface area contributed by atoms with Crippen molar-refractivity contribution in [2.24, 2.45) is 5.73 Å². The maximum Gasteiger partial charge on any atom is 0.312 e. The van der Waals surface area contributed by atoms with E-state index in [9.17, 15) is 9.59 Å². The SMILES string of the molecule is CC[C@H](NC(=O)C[C@@H](NC(N)=O)c1ccccc1)c1ccc(Br)cc1. The molecule has 0 aliphatic carbocycles. The molecule has 0 bridgehead atoms. The van der Waals surface area contributed by atoms with E-state index in [2.05, 4.69) is 26.6 Å². The summed E-state index contributed by atoms with van der Waals surface area (Å²) in [5.41, 5.74) is 7.13. The van der Waals surface area contributed by atoms with Crippen LogP contribution in [-0.4, -0.2) is 11.9 Å². The van der Waals surface area contributed by atoms with E-state index in [0.29, 0.717) is 0 Å². The van der Waals surface area contributed by atoms with Gasteiger partial charge in [-0.25, -0.2) is 4.79 Å². The molecule has 0 saturated heterocycles. The number of carbonyl (C=O) groups is 2. The van der Waals surface area contributed by atoms with Crippen LogP contribution in [0, 0.1) is 0 Å². The molecule has 2 atom stereocenters. The minimum atomic E-state index is -0.651. The van der Waals surface area contributed by atoms with E-state index in [-0.39, 0.29) is 18.4 Å². The Morgan fingerprint density at radius 1 is 0.960 bits per heavy atom. The van der Waals surface area contributed by atoms with Gasteiger partial charge >= 0.3 is 6.03 Å². The zero-order valence-corrected chi connectivity index (χ0v) is 15.6. The van der Waals surface area contributed by atoms with Gasteiger partial charge in [-0.2, -0.15) is 0 Å². The Hall–Kier alpha value is -2.34. The third kappa shape index (κ3) is 5.90. The quantitative estimate of drug-likeness (QED) is 0.656. The average molecular weight is 404 g/mol. The van der Waals surface area contributed by atoms with Crippen LogP contribution in [-0.2, 0) is 4.79 Å². The van der Waals surface area contributed by atoms with E-state index in [1.54, 1.807) is 0 Å². The predicted molar refractivity (Wildman–Crippen MR) is 102 cm³/mol. The summed E-state index contributed by atoms with van der Waals surface area (Å²) < 4.78 is 0.993. The van der Waals surface area contributed by atoms with E-state index in [4.69, 9.17) is 5.73 Å². The summed E-state index contributed by atoms with van der Waals surface area (Å²) in [7, 11) is 0. The van der Waals surface area contributed by atoms with Crippen LogP contribution >= 0.6 is 15.9 Å². The molecule has 4 N–H and O–H groups in total. The molecule has 2 aromatic rings. The highest BCUT2D eigenvalue weighted by molar-refractivity contribution is 9.10. The van der Waals surface area contributed by atoms with Gasteiger partial charge in [-0.15, -0.1) is 0 Å². The van der Waals surface area contributed by atoms with Crippen LogP contribution in [0.4, 0.5) is 4.79 Å². The number of halogens is 1. The Kier molecular flexibility index (Phi) is 7.01. The second-order valence-electron chi connectivity index (χ2n) is 5.76. The lowest BCUT2D eigenvalue weighted by Crippen LogP contribution is -2.37. The van der Waals surface area contributed by atoms with Crippen molar-refractivity contribution in [1.29, 1.82) is 0 Å². The summed E-state index contributed by atoms with van der Waals surface area (Å²) >= 11 is 3.41. The Bertz CT molecular complexity index is 704. The van der Waals surface area contributed by atoms with E-state index in [0.717, 1.165) is 22.0 Å². The van der Waals surface area contributed by atoms with Crippen molar-refractivity contribution in [2.45, 2.75) is 31.8 Å². The molecule has 2 aromatic carbocycles. The zero-order chi connectivity index (χ0) is 18.2. The molecular formula is C19H22BrN3O2. The highest BCUT2D eigenvalue weighted by atomic mass is 79.9. The van der Waals surface area contributed by atoms with Crippen molar-refractivity contribution >= 4 is 27.9 Å². The molecule has 0 heterocycles. The van der Waals surface area contributed by atoms with Gasteiger partial charge in [-0.05, 0) is 29.7 Å². The fourth-order valence-electron chi connectivity index (χ4n) is 2.66. The number of hydrogen-bond acceptors (Lipinski definition) is 2. The summed E-state index contributed by atoms with van der Waals surface area (Å²) in [5, 5.41) is 5.67. The molecule has 25 heavy (non-hydrogen) atoms. The van der Waals surface area contributed by atoms with Crippen molar-refractivity contribution in [3.8, 4) is 0 Å². The lowest BCUT2D eigenvalue weighted by atomic mass is 10.0. The number of benzene rings is 2. The molecule has 0 spiro atoms. The third-order valence-corrected chi connectivity index (χ3v) is 4.45. The van der Waals surface area contributed by atoms with Crippen molar-refractivity contribution in [2.75, 3.05) is 0 Å². The Morgan fingerprint density at radius 2 is 1.56 bits per heavy atom. The number of carbonyl (C=O) groups excluding carboxylic acids is 2. The van der Waals surface area contributed by atoms with Crippen LogP contribution in [0.5, 0.6) is 0 Å². The Balaban J connectivity index is 2.06. The molecule has 0 aromatic heterocycles. The Morgan fingerprint density at radius 3 is 2.12 bits per heavy atom. The van der Waals surface area contributed by atoms with E-state index in [1.165, 1.54) is 0 Å². The number of primary amides is 1. The molecule has 2 rings (SSSR count). The highest BCUT2D eigenvalue weighted by Gasteiger charge is 2.19. The summed E-state index contributed by atoms with van der Waals surface area (Å²) in [6.07, 6.45) is 0.895. The van der Waals surface area contributed by atoms with Crippen molar-refractivity contribution in [1.82, 2.24) is 10.6 Å². The Labute approximate surface area is 156 Å². The molecule has 132 valence electrons. The monoisotopic (exact) mass is 403 g/mol. The fraction of sp³-hybridized carbons (Fsp3) is 0.263. The van der Waals surface area contributed by atoms with Gasteiger partial charge in [0.05, 0.1) is 18.5 Å². The van der Waals surface area contributed by atoms with E-state index in [1.807, 2.05) is 61.5 Å². The fourth-order valence-corrected chi connectivity index (χ4v) is 2.93. The van der Waals surface area contributed by atoms with Gasteiger partial charge in [0.1, 0.15) is 0 Å². The van der Waals surface area contributed by atoms with Gasteiger partial charge in [0.2, 0.25) is 5.91 Å². The second-order valence-corrected chi connectivity index (χ2v) is 6.67. The van der Waals surface area contributed by atoms with Gasteiger partial charge in [-0.1, -0.05) is 65.3 Å². The first-order valence-corrected chi connectivity index (χ1v) is 8.94. The molecular weight excluding hydrogens is 382 g/mol. The summed E-state index contributed by atoms with van der Waals surface area (Å²) in [5.74, 6) is -0.141. The normalized spacial score (nSPS) is 12.9. The molecule has 0 aliphatic rings. The van der Waals surface area contributed by atoms with E-state index < -0.39 is 12.1 Å². The maximum atomic E-state index is 12.5. The minimum Gasteiger partial charge on any atom is -0.352 e. The third-order valence-electron chi connectivity index (χ3n) is 3.92. The first-order chi connectivity index (χ1) is 12.0. The topological polar surface area (TPSA) is 84.2 Å². The number of rotatable bonds is 7. The van der Waals surface area contributed by atoms with Gasteiger partial charge in [0.15, 0.2) is 0 Å². The van der Waals surface area contributed by atoms with Crippen LogP contribution in [0.15, 0.2) is 59.1 Å². The van der Waals surface area contributed by atoms with Crippen molar-refractivity contribution in [3.63, 3.8) is 0 Å². The lowest BCUT2D eigenvalue weighted by molar-refractivity contribution is -0.122. The summed E-state index contributed by atoms with van der Waals surface area (Å²) in [4.78, 5) is 23.8. The molecule has 0 unspecified atom stereocenters. The van der Waals surface area contributed by atoms with E-state index >= 15 is 0 Å². The predicted octanol–water partition coefficient (Wildman–Crippen LogP) is 3.82. The molecule has 0 fully saturated rings. The van der Waals surface area contributed by atoms with Crippen LogP contribution in [0.25, 0.3) is 0 Å². The first kappa shape index (κ1) is 19.0. The smallest absolute Gasteiger partial charge is 0.312 e. The number of nitrogens with one attached hydrogen (secondary N) is 2. The minimum absolute atomic E-state index is 0.0781.